The normalized spacial score (nSPS) is 14.7. The lowest BCUT2D eigenvalue weighted by Gasteiger charge is -2.31. The van der Waals surface area contributed by atoms with Crippen molar-refractivity contribution in [2.75, 3.05) is 16.5 Å². The number of ether oxygens (including phenoxy) is 1. The molecule has 0 fully saturated rings. The van der Waals surface area contributed by atoms with E-state index in [2.05, 4.69) is 106 Å². The Kier molecular flexibility index (Phi) is 9.75. The van der Waals surface area contributed by atoms with Crippen LogP contribution in [0.2, 0.25) is 0 Å². The summed E-state index contributed by atoms with van der Waals surface area (Å²) in [5, 5.41) is 2.38. The molecule has 11 rings (SSSR count). The average Bonchev–Trinajstić information content (AvgIpc) is 4.11. The van der Waals surface area contributed by atoms with E-state index in [9.17, 15) is 2.74 Å². The molecule has 5 nitrogen and oxygen atoms in total. The van der Waals surface area contributed by atoms with E-state index < -0.39 is 47.1 Å². The fourth-order valence-corrected chi connectivity index (χ4v) is 10.4. The molecule has 0 atom stereocenters. The Morgan fingerprint density at radius 3 is 1.88 bits per heavy atom. The van der Waals surface area contributed by atoms with Gasteiger partial charge in [0, 0.05) is 45.9 Å². The lowest BCUT2D eigenvalue weighted by Crippen LogP contribution is -2.25. The molecule has 8 aromatic carbocycles. The van der Waals surface area contributed by atoms with E-state index >= 15 is 0 Å². The third-order valence-corrected chi connectivity index (χ3v) is 14.0. The van der Waals surface area contributed by atoms with Gasteiger partial charge >= 0.3 is 0 Å². The van der Waals surface area contributed by atoms with Crippen LogP contribution in [-0.4, -0.2) is 16.2 Å². The molecular formula is C68H66N4O. The second-order valence-corrected chi connectivity index (χ2v) is 21.1. The molecule has 0 unspecified atom stereocenters. The predicted octanol–water partition coefficient (Wildman–Crippen LogP) is 18.7. The Hall–Kier alpha value is -7.89. The van der Waals surface area contributed by atoms with E-state index in [4.69, 9.17) is 20.7 Å². The Morgan fingerprint density at radius 1 is 0.548 bits per heavy atom. The van der Waals surface area contributed by atoms with Crippen LogP contribution in [0, 0.1) is 0 Å². The third-order valence-electron chi connectivity index (χ3n) is 14.0. The Bertz CT molecular complexity index is 4180. The van der Waals surface area contributed by atoms with Gasteiger partial charge < -0.3 is 14.5 Å². The van der Waals surface area contributed by atoms with Crippen LogP contribution >= 0.6 is 0 Å². The first-order chi connectivity index (χ1) is 39.5. The van der Waals surface area contributed by atoms with Crippen molar-refractivity contribution in [2.24, 2.45) is 0 Å². The zero-order valence-corrected chi connectivity index (χ0v) is 42.9. The van der Waals surface area contributed by atoms with Crippen molar-refractivity contribution in [3.8, 4) is 50.7 Å². The van der Waals surface area contributed by atoms with E-state index in [1.165, 1.54) is 16.5 Å². The highest BCUT2D eigenvalue weighted by Crippen LogP contribution is 2.52. The first-order valence-corrected chi connectivity index (χ1v) is 25.4. The molecule has 0 bridgehead atoms. The van der Waals surface area contributed by atoms with Gasteiger partial charge in [-0.3, -0.25) is 4.57 Å². The average molecular weight is 965 g/mol. The molecule has 73 heavy (non-hydrogen) atoms. The summed E-state index contributed by atoms with van der Waals surface area (Å²) in [6.45, 7) is 17.0. The largest absolute Gasteiger partial charge is 0.457 e. The quantitative estimate of drug-likeness (QED) is 0.122. The van der Waals surface area contributed by atoms with Crippen molar-refractivity contribution in [3.63, 3.8) is 0 Å². The lowest BCUT2D eigenvalue weighted by atomic mass is 9.80. The minimum Gasteiger partial charge on any atom is -0.457 e. The summed E-state index contributed by atoms with van der Waals surface area (Å²) in [4.78, 5) is 9.13. The highest BCUT2D eigenvalue weighted by atomic mass is 16.5. The maximum atomic E-state index is 9.51. The Labute approximate surface area is 446 Å². The van der Waals surface area contributed by atoms with Crippen LogP contribution in [-0.2, 0) is 23.7 Å². The van der Waals surface area contributed by atoms with Gasteiger partial charge in [0.2, 0.25) is 0 Å². The van der Waals surface area contributed by atoms with Crippen LogP contribution in [0.1, 0.15) is 104 Å². The number of aromatic nitrogens is 2. The first-order valence-electron chi connectivity index (χ1n) is 30.4. The van der Waals surface area contributed by atoms with Crippen molar-refractivity contribution >= 4 is 44.6 Å². The number of pyridine rings is 1. The molecule has 0 spiro atoms. The highest BCUT2D eigenvalue weighted by Gasteiger charge is 2.33. The molecule has 10 aromatic rings. The summed E-state index contributed by atoms with van der Waals surface area (Å²) in [5.74, 6) is 2.07. The van der Waals surface area contributed by atoms with Crippen LogP contribution in [0.15, 0.2) is 194 Å². The molecule has 364 valence electrons. The van der Waals surface area contributed by atoms with E-state index in [1.54, 1.807) is 0 Å². The van der Waals surface area contributed by atoms with E-state index in [0.717, 1.165) is 76.1 Å². The standard InChI is InChI=1S/C68H66N4O/c1-9-22-47-33-36-62-65(56(47)23-10-2)57-35-34-55(44-63(57)72(62)64-32-19-20-37-69-64)73-54-29-21-28-53(43-54)70-45-71(61-31-18-17-30-60(61)70)66-58(48-26-15-12-16-27-48)41-52(68(6,7)8)42-59(66)50-38-49(46-24-13-11-14-25-46)39-51(40-50)67(3,4)5/h11-21,24-44H,9-10,22-23,45H2,1-8H3/i11D,12D,13D,14D,15D,16D,24D,25D,26D,27D. The summed E-state index contributed by atoms with van der Waals surface area (Å²) in [6, 6.07) is 38.3. The minimum atomic E-state index is -0.530. The van der Waals surface area contributed by atoms with Crippen LogP contribution in [0.25, 0.3) is 61.0 Å². The fourth-order valence-electron chi connectivity index (χ4n) is 10.4. The van der Waals surface area contributed by atoms with Crippen molar-refractivity contribution in [2.45, 2.75) is 91.9 Å². The number of fused-ring (bicyclic) bond motifs is 4. The molecule has 0 saturated carbocycles. The number of benzene rings is 8. The Balaban J connectivity index is 1.10. The predicted molar refractivity (Wildman–Crippen MR) is 309 cm³/mol. The fraction of sp³-hybridized carbons (Fsp3) is 0.221. The van der Waals surface area contributed by atoms with Crippen LogP contribution < -0.4 is 14.5 Å². The van der Waals surface area contributed by atoms with Gasteiger partial charge in [-0.2, -0.15) is 0 Å². The molecule has 0 saturated heterocycles. The third kappa shape index (κ3) is 9.07. The van der Waals surface area contributed by atoms with Gasteiger partial charge in [0.1, 0.15) is 24.0 Å². The van der Waals surface area contributed by atoms with Crippen molar-refractivity contribution in [1.82, 2.24) is 9.55 Å². The molecule has 0 N–H and O–H groups in total. The molecule has 3 heterocycles. The SMILES string of the molecule is [2H]c1c([2H])c([2H])c(-c2cc(-c3cc(C(C)(C)C)cc(-c4c([2H])c([2H])c([2H])c([2H])c4[2H])c3N3CN(c4cccc(Oc5ccc6c7c(CCC)c(CCC)ccc7n(-c7ccccn7)c6c5)c4)c4ccccc43)cc(C(C)(C)C)c2)c([2H])c1[2H]. The zero-order chi connectivity index (χ0) is 59.1. The summed E-state index contributed by atoms with van der Waals surface area (Å²) >= 11 is 0. The van der Waals surface area contributed by atoms with Crippen LogP contribution in [0.5, 0.6) is 11.5 Å². The lowest BCUT2D eigenvalue weighted by molar-refractivity contribution is 0.483. The molecule has 5 heteroatoms. The molecule has 1 aliphatic rings. The molecule has 1 aliphatic heterocycles. The van der Waals surface area contributed by atoms with E-state index in [1.807, 2.05) is 97.2 Å². The highest BCUT2D eigenvalue weighted by molar-refractivity contribution is 6.11. The molecule has 2 aromatic heterocycles. The second-order valence-electron chi connectivity index (χ2n) is 21.1. The minimum absolute atomic E-state index is 0.0320. The van der Waals surface area contributed by atoms with Crippen molar-refractivity contribution in [3.05, 3.63) is 216 Å². The monoisotopic (exact) mass is 965 g/mol. The molecule has 0 aliphatic carbocycles. The number of nitrogens with zero attached hydrogens (tertiary/aromatic N) is 4. The van der Waals surface area contributed by atoms with Gasteiger partial charge in [-0.05, 0) is 141 Å². The summed E-state index contributed by atoms with van der Waals surface area (Å²) in [6.07, 6.45) is 5.86. The van der Waals surface area contributed by atoms with Crippen LogP contribution in [0.3, 0.4) is 0 Å². The maximum absolute atomic E-state index is 9.51. The molecule has 0 amide bonds. The van der Waals surface area contributed by atoms with Gasteiger partial charge in [-0.1, -0.05) is 171 Å². The van der Waals surface area contributed by atoms with Gasteiger partial charge in [0.25, 0.3) is 0 Å². The van der Waals surface area contributed by atoms with Gasteiger partial charge in [0.05, 0.1) is 41.8 Å². The number of anilines is 4. The Morgan fingerprint density at radius 2 is 1.19 bits per heavy atom. The maximum Gasteiger partial charge on any atom is 0.137 e. The van der Waals surface area contributed by atoms with Gasteiger partial charge in [-0.25, -0.2) is 4.98 Å². The van der Waals surface area contributed by atoms with E-state index in [0.29, 0.717) is 39.4 Å². The molecule has 0 radical (unpaired) electrons. The smallest absolute Gasteiger partial charge is 0.137 e. The topological polar surface area (TPSA) is 33.5 Å². The number of rotatable bonds is 12. The summed E-state index contributed by atoms with van der Waals surface area (Å²) in [7, 11) is 0. The number of hydrogen-bond donors (Lipinski definition) is 0. The molecular weight excluding hydrogens is 889 g/mol. The van der Waals surface area contributed by atoms with Gasteiger partial charge in [0.15, 0.2) is 0 Å². The van der Waals surface area contributed by atoms with Crippen molar-refractivity contribution in [1.29, 1.82) is 0 Å². The first kappa shape index (κ1) is 36.9. The van der Waals surface area contributed by atoms with Crippen LogP contribution in [0.4, 0.5) is 22.7 Å². The number of aryl methyl sites for hydroxylation is 2. The number of hydrogen-bond acceptors (Lipinski definition) is 4. The second kappa shape index (κ2) is 19.3. The van der Waals surface area contributed by atoms with Crippen molar-refractivity contribution < 1.29 is 18.4 Å². The zero-order valence-electron chi connectivity index (χ0n) is 52.9. The van der Waals surface area contributed by atoms with E-state index in [-0.39, 0.29) is 42.0 Å². The summed E-state index contributed by atoms with van der Waals surface area (Å²) in [5.41, 5.74) is 10.6. The summed E-state index contributed by atoms with van der Waals surface area (Å²) < 4.78 is 98.7. The van der Waals surface area contributed by atoms with Gasteiger partial charge in [-0.15, -0.1) is 0 Å². The number of para-hydroxylation sites is 2.